The van der Waals surface area contributed by atoms with Crippen LogP contribution in [0.15, 0.2) is 24.3 Å². The van der Waals surface area contributed by atoms with E-state index in [-0.39, 0.29) is 18.6 Å². The summed E-state index contributed by atoms with van der Waals surface area (Å²) < 4.78 is 4.85. The number of nitrogens with zero attached hydrogens (tertiary/aromatic N) is 1. The monoisotopic (exact) mass is 248 g/mol. The molecule has 1 aliphatic heterocycles. The SMILES string of the molecule is COC(=O)C(CN)N1CC(C)Cc2ccccc21. The van der Waals surface area contributed by atoms with Gasteiger partial charge in [0.15, 0.2) is 0 Å². The molecule has 2 atom stereocenters. The van der Waals surface area contributed by atoms with E-state index in [0.29, 0.717) is 5.92 Å². The Bertz CT molecular complexity index is 434. The van der Waals surface area contributed by atoms with Gasteiger partial charge in [-0.15, -0.1) is 0 Å². The minimum absolute atomic E-state index is 0.263. The van der Waals surface area contributed by atoms with Crippen molar-refractivity contribution < 1.29 is 9.53 Å². The molecule has 1 heterocycles. The molecule has 1 aromatic rings. The third-order valence-electron chi connectivity index (χ3n) is 3.45. The van der Waals surface area contributed by atoms with Crippen LogP contribution in [0.4, 0.5) is 5.69 Å². The summed E-state index contributed by atoms with van der Waals surface area (Å²) in [5.74, 6) is 0.250. The average molecular weight is 248 g/mol. The van der Waals surface area contributed by atoms with E-state index < -0.39 is 0 Å². The molecule has 4 nitrogen and oxygen atoms in total. The Hall–Kier alpha value is -1.55. The Morgan fingerprint density at radius 2 is 2.28 bits per heavy atom. The predicted molar refractivity (Wildman–Crippen MR) is 71.5 cm³/mol. The van der Waals surface area contributed by atoms with Crippen LogP contribution in [0.2, 0.25) is 0 Å². The average Bonchev–Trinajstić information content (AvgIpc) is 2.39. The van der Waals surface area contributed by atoms with Gasteiger partial charge in [0, 0.05) is 18.8 Å². The molecule has 1 aromatic carbocycles. The van der Waals surface area contributed by atoms with Gasteiger partial charge in [0.25, 0.3) is 0 Å². The number of methoxy groups -OCH3 is 1. The number of nitrogens with two attached hydrogens (primary N) is 1. The third kappa shape index (κ3) is 2.34. The quantitative estimate of drug-likeness (QED) is 0.816. The van der Waals surface area contributed by atoms with E-state index in [9.17, 15) is 4.79 Å². The second-order valence-corrected chi connectivity index (χ2v) is 4.87. The molecular weight excluding hydrogens is 228 g/mol. The highest BCUT2D eigenvalue weighted by molar-refractivity contribution is 5.81. The van der Waals surface area contributed by atoms with Crippen molar-refractivity contribution in [2.75, 3.05) is 25.1 Å². The van der Waals surface area contributed by atoms with Gasteiger partial charge in [-0.25, -0.2) is 4.79 Å². The zero-order valence-electron chi connectivity index (χ0n) is 10.9. The van der Waals surface area contributed by atoms with Gasteiger partial charge in [-0.1, -0.05) is 25.1 Å². The lowest BCUT2D eigenvalue weighted by Gasteiger charge is -2.38. The zero-order chi connectivity index (χ0) is 13.1. The summed E-state index contributed by atoms with van der Waals surface area (Å²) in [5.41, 5.74) is 8.12. The Morgan fingerprint density at radius 3 is 2.94 bits per heavy atom. The molecule has 0 bridgehead atoms. The standard InChI is InChI=1S/C14H20N2O2/c1-10-7-11-5-3-4-6-12(11)16(9-10)13(8-15)14(17)18-2/h3-6,10,13H,7-9,15H2,1-2H3. The van der Waals surface area contributed by atoms with E-state index >= 15 is 0 Å². The highest BCUT2D eigenvalue weighted by atomic mass is 16.5. The van der Waals surface area contributed by atoms with Crippen LogP contribution in [0, 0.1) is 5.92 Å². The van der Waals surface area contributed by atoms with Crippen molar-refractivity contribution in [1.82, 2.24) is 0 Å². The molecule has 98 valence electrons. The topological polar surface area (TPSA) is 55.6 Å². The molecule has 0 saturated heterocycles. The molecular formula is C14H20N2O2. The van der Waals surface area contributed by atoms with Crippen LogP contribution in [0.5, 0.6) is 0 Å². The minimum atomic E-state index is -0.390. The van der Waals surface area contributed by atoms with Crippen molar-refractivity contribution in [2.24, 2.45) is 11.7 Å². The first-order chi connectivity index (χ1) is 8.67. The van der Waals surface area contributed by atoms with Crippen LogP contribution in [-0.2, 0) is 16.0 Å². The molecule has 2 unspecified atom stereocenters. The summed E-state index contributed by atoms with van der Waals surface area (Å²) in [7, 11) is 1.41. The van der Waals surface area contributed by atoms with E-state index in [2.05, 4.69) is 17.9 Å². The number of benzene rings is 1. The number of fused-ring (bicyclic) bond motifs is 1. The Morgan fingerprint density at radius 1 is 1.56 bits per heavy atom. The van der Waals surface area contributed by atoms with Gasteiger partial charge >= 0.3 is 5.97 Å². The molecule has 0 spiro atoms. The van der Waals surface area contributed by atoms with Crippen LogP contribution >= 0.6 is 0 Å². The third-order valence-corrected chi connectivity index (χ3v) is 3.45. The molecule has 0 saturated carbocycles. The molecule has 0 fully saturated rings. The number of carbonyl (C=O) groups excluding carboxylic acids is 1. The van der Waals surface area contributed by atoms with Crippen molar-refractivity contribution >= 4 is 11.7 Å². The fourth-order valence-electron chi connectivity index (χ4n) is 2.62. The largest absolute Gasteiger partial charge is 0.467 e. The summed E-state index contributed by atoms with van der Waals surface area (Å²) in [6.45, 7) is 3.30. The number of hydrogen-bond donors (Lipinski definition) is 1. The van der Waals surface area contributed by atoms with E-state index in [1.807, 2.05) is 18.2 Å². The number of esters is 1. The van der Waals surface area contributed by atoms with Crippen molar-refractivity contribution in [3.05, 3.63) is 29.8 Å². The lowest BCUT2D eigenvalue weighted by Crippen LogP contribution is -2.50. The van der Waals surface area contributed by atoms with E-state index in [4.69, 9.17) is 10.5 Å². The van der Waals surface area contributed by atoms with Gasteiger partial charge in [0.05, 0.1) is 7.11 Å². The first-order valence-corrected chi connectivity index (χ1v) is 6.29. The summed E-state index contributed by atoms with van der Waals surface area (Å²) in [6.07, 6.45) is 1.05. The molecule has 2 N–H and O–H groups in total. The van der Waals surface area contributed by atoms with Gasteiger partial charge in [-0.2, -0.15) is 0 Å². The molecule has 2 rings (SSSR count). The molecule has 18 heavy (non-hydrogen) atoms. The number of anilines is 1. The molecule has 0 aromatic heterocycles. The fraction of sp³-hybridized carbons (Fsp3) is 0.500. The smallest absolute Gasteiger partial charge is 0.329 e. The highest BCUT2D eigenvalue weighted by Gasteiger charge is 2.31. The molecule has 4 heteroatoms. The van der Waals surface area contributed by atoms with Crippen LogP contribution in [0.1, 0.15) is 12.5 Å². The Labute approximate surface area is 108 Å². The second-order valence-electron chi connectivity index (χ2n) is 4.87. The van der Waals surface area contributed by atoms with Crippen molar-refractivity contribution in [3.63, 3.8) is 0 Å². The first kappa shape index (κ1) is 12.9. The maximum atomic E-state index is 11.8. The minimum Gasteiger partial charge on any atom is -0.467 e. The van der Waals surface area contributed by atoms with Crippen molar-refractivity contribution in [3.8, 4) is 0 Å². The van der Waals surface area contributed by atoms with Gasteiger partial charge < -0.3 is 15.4 Å². The van der Waals surface area contributed by atoms with Gasteiger partial charge in [-0.05, 0) is 24.0 Å². The fourth-order valence-corrected chi connectivity index (χ4v) is 2.62. The van der Waals surface area contributed by atoms with E-state index in [0.717, 1.165) is 18.7 Å². The van der Waals surface area contributed by atoms with Gasteiger partial charge in [0.2, 0.25) is 0 Å². The summed E-state index contributed by atoms with van der Waals surface area (Å²) in [4.78, 5) is 13.9. The molecule has 0 aliphatic carbocycles. The van der Waals surface area contributed by atoms with Gasteiger partial charge in [0.1, 0.15) is 6.04 Å². The summed E-state index contributed by atoms with van der Waals surface area (Å²) >= 11 is 0. The second kappa shape index (κ2) is 5.40. The van der Waals surface area contributed by atoms with Crippen LogP contribution in [0.25, 0.3) is 0 Å². The number of rotatable bonds is 3. The number of hydrogen-bond acceptors (Lipinski definition) is 4. The van der Waals surface area contributed by atoms with Crippen LogP contribution < -0.4 is 10.6 Å². The summed E-state index contributed by atoms with van der Waals surface area (Å²) in [5, 5.41) is 0. The predicted octanol–water partition coefficient (Wildman–Crippen LogP) is 1.19. The van der Waals surface area contributed by atoms with E-state index in [1.54, 1.807) is 0 Å². The highest BCUT2D eigenvalue weighted by Crippen LogP contribution is 2.30. The molecule has 0 amide bonds. The van der Waals surface area contributed by atoms with Crippen LogP contribution in [-0.4, -0.2) is 32.2 Å². The first-order valence-electron chi connectivity index (χ1n) is 6.29. The van der Waals surface area contributed by atoms with Gasteiger partial charge in [-0.3, -0.25) is 0 Å². The van der Waals surface area contributed by atoms with Crippen molar-refractivity contribution in [2.45, 2.75) is 19.4 Å². The number of carbonyl (C=O) groups is 1. The normalized spacial score (nSPS) is 20.2. The maximum Gasteiger partial charge on any atom is 0.329 e. The molecule has 0 radical (unpaired) electrons. The summed E-state index contributed by atoms with van der Waals surface area (Å²) in [6, 6.07) is 7.80. The molecule has 1 aliphatic rings. The Kier molecular flexibility index (Phi) is 3.87. The van der Waals surface area contributed by atoms with Crippen LogP contribution in [0.3, 0.4) is 0 Å². The lowest BCUT2D eigenvalue weighted by molar-refractivity contribution is -0.142. The van der Waals surface area contributed by atoms with E-state index in [1.165, 1.54) is 12.7 Å². The lowest BCUT2D eigenvalue weighted by atomic mass is 9.92. The number of para-hydroxylation sites is 1. The maximum absolute atomic E-state index is 11.8. The Balaban J connectivity index is 2.35. The zero-order valence-corrected chi connectivity index (χ0v) is 10.9. The van der Waals surface area contributed by atoms with Crippen molar-refractivity contribution in [1.29, 1.82) is 0 Å². The number of ether oxygens (including phenoxy) is 1.